The molecule has 0 fully saturated rings. The van der Waals surface area contributed by atoms with Gasteiger partial charge in [0.1, 0.15) is 6.04 Å². The number of hydrogen-bond acceptors (Lipinski definition) is 6. The maximum Gasteiger partial charge on any atom is 0.471 e. The fourth-order valence-corrected chi connectivity index (χ4v) is 7.93. The summed E-state index contributed by atoms with van der Waals surface area (Å²) < 4.78 is 67.3. The Labute approximate surface area is 260 Å². The molecule has 2 amide bonds. The molecule has 10 nitrogen and oxygen atoms in total. The van der Waals surface area contributed by atoms with Gasteiger partial charge in [-0.25, -0.2) is 8.42 Å². The second-order valence-corrected chi connectivity index (χ2v) is 13.5. The van der Waals surface area contributed by atoms with E-state index in [2.05, 4.69) is 20.7 Å². The van der Waals surface area contributed by atoms with Crippen LogP contribution in [0.1, 0.15) is 52.4 Å². The maximum absolute atomic E-state index is 13.6. The Morgan fingerprint density at radius 1 is 1.07 bits per heavy atom. The van der Waals surface area contributed by atoms with Crippen LogP contribution in [0.25, 0.3) is 0 Å². The van der Waals surface area contributed by atoms with Gasteiger partial charge in [0.05, 0.1) is 26.3 Å². The number of aromatic amines is 1. The molecule has 6 rings (SSSR count). The molecule has 3 aromatic rings. The van der Waals surface area contributed by atoms with Gasteiger partial charge in [-0.15, -0.1) is 5.10 Å². The van der Waals surface area contributed by atoms with Crippen molar-refractivity contribution in [2.24, 2.45) is 0 Å². The van der Waals surface area contributed by atoms with Crippen LogP contribution in [0.15, 0.2) is 47.6 Å². The molecule has 1 aliphatic carbocycles. The minimum Gasteiger partial charge on any atom is -0.330 e. The van der Waals surface area contributed by atoms with E-state index in [1.54, 1.807) is 0 Å². The lowest BCUT2D eigenvalue weighted by molar-refractivity contribution is -0.186. The summed E-state index contributed by atoms with van der Waals surface area (Å²) in [5.41, 5.74) is 4.50. The highest BCUT2D eigenvalue weighted by Crippen LogP contribution is 2.40. The molecule has 2 aromatic carbocycles. The number of aryl methyl sites for hydroxylation is 1. The van der Waals surface area contributed by atoms with Gasteiger partial charge in [0.2, 0.25) is 5.91 Å². The normalized spacial score (nSPS) is 20.2. The molecule has 0 saturated carbocycles. The van der Waals surface area contributed by atoms with E-state index in [0.29, 0.717) is 29.8 Å². The minimum atomic E-state index is -4.93. The summed E-state index contributed by atoms with van der Waals surface area (Å²) in [6.45, 7) is -0.158. The number of sulfonamides is 1. The molecule has 1 aromatic heterocycles. The lowest BCUT2D eigenvalue weighted by Crippen LogP contribution is -2.50. The third-order valence-corrected chi connectivity index (χ3v) is 10.7. The van der Waals surface area contributed by atoms with E-state index in [0.717, 1.165) is 32.3 Å². The number of nitrogens with zero attached hydrogens (tertiary/aromatic N) is 4. The Morgan fingerprint density at radius 3 is 2.61 bits per heavy atom. The summed E-state index contributed by atoms with van der Waals surface area (Å²) in [5.74, 6) is -2.61. The number of alkyl halides is 3. The standard InChI is InChI=1S/C28H25Cl2F3N6O4S/c29-21-5-4-18(12-22(21)30)44(42,43)39-9-7-34-26(40)24(39)13-23-25(36-37-35-23)19-3-1-2-16-10-17-14-38(27(41)28(31,32)33)8-6-15(17)11-20(16)19/h4-5,7,9-12,19,24H,1-3,6,8,13-14H2,(H,34,40)(H,35,36,37)/t19-,24-/m1/s1. The quantitative estimate of drug-likeness (QED) is 0.419. The summed E-state index contributed by atoms with van der Waals surface area (Å²) in [7, 11) is -4.22. The van der Waals surface area contributed by atoms with E-state index in [9.17, 15) is 31.2 Å². The van der Waals surface area contributed by atoms with Gasteiger partial charge in [0.15, 0.2) is 0 Å². The second kappa shape index (κ2) is 11.4. The van der Waals surface area contributed by atoms with Gasteiger partial charge in [-0.3, -0.25) is 19.0 Å². The number of benzene rings is 2. The van der Waals surface area contributed by atoms with Crippen LogP contribution in [0.5, 0.6) is 0 Å². The van der Waals surface area contributed by atoms with Gasteiger partial charge in [0.25, 0.3) is 10.0 Å². The Hall–Kier alpha value is -3.62. The number of halogens is 5. The van der Waals surface area contributed by atoms with Crippen LogP contribution >= 0.6 is 23.2 Å². The highest BCUT2D eigenvalue weighted by molar-refractivity contribution is 7.89. The van der Waals surface area contributed by atoms with Gasteiger partial charge in [-0.1, -0.05) is 40.5 Å². The molecule has 0 unspecified atom stereocenters. The summed E-state index contributed by atoms with van der Waals surface area (Å²) in [6, 6.07) is 6.55. The van der Waals surface area contributed by atoms with Crippen molar-refractivity contribution in [3.05, 3.63) is 86.4 Å². The molecule has 16 heteroatoms. The number of carbonyl (C=O) groups excluding carboxylic acids is 2. The van der Waals surface area contributed by atoms with Gasteiger partial charge in [-0.2, -0.15) is 13.2 Å². The topological polar surface area (TPSA) is 128 Å². The van der Waals surface area contributed by atoms with Crippen molar-refractivity contribution in [1.29, 1.82) is 0 Å². The number of fused-ring (bicyclic) bond motifs is 2. The molecule has 44 heavy (non-hydrogen) atoms. The smallest absolute Gasteiger partial charge is 0.330 e. The van der Waals surface area contributed by atoms with Crippen LogP contribution in [-0.2, 0) is 45.4 Å². The third kappa shape index (κ3) is 5.54. The number of amides is 2. The summed E-state index contributed by atoms with van der Waals surface area (Å²) >= 11 is 12.0. The minimum absolute atomic E-state index is 0.0426. The van der Waals surface area contributed by atoms with Crippen LogP contribution in [0.3, 0.4) is 0 Å². The van der Waals surface area contributed by atoms with Crippen molar-refractivity contribution < 1.29 is 31.2 Å². The van der Waals surface area contributed by atoms with Gasteiger partial charge < -0.3 is 10.2 Å². The number of hydrogen-bond donors (Lipinski definition) is 2. The Bertz CT molecular complexity index is 1800. The van der Waals surface area contributed by atoms with Crippen LogP contribution in [-0.4, -0.2) is 63.6 Å². The van der Waals surface area contributed by atoms with Crippen LogP contribution in [0, 0.1) is 0 Å². The molecule has 0 saturated heterocycles. The lowest BCUT2D eigenvalue weighted by atomic mass is 9.77. The Morgan fingerprint density at radius 2 is 1.86 bits per heavy atom. The molecule has 0 spiro atoms. The molecule has 2 atom stereocenters. The Kier molecular flexibility index (Phi) is 7.87. The highest BCUT2D eigenvalue weighted by Gasteiger charge is 2.43. The summed E-state index contributed by atoms with van der Waals surface area (Å²) in [5, 5.41) is 14.0. The van der Waals surface area contributed by atoms with Crippen molar-refractivity contribution >= 4 is 45.0 Å². The van der Waals surface area contributed by atoms with E-state index >= 15 is 0 Å². The number of aromatic nitrogens is 3. The van der Waals surface area contributed by atoms with Gasteiger partial charge >= 0.3 is 12.1 Å². The van der Waals surface area contributed by atoms with E-state index in [1.165, 1.54) is 30.6 Å². The van der Waals surface area contributed by atoms with E-state index in [4.69, 9.17) is 23.2 Å². The number of rotatable bonds is 5. The first-order chi connectivity index (χ1) is 20.8. The van der Waals surface area contributed by atoms with Crippen molar-refractivity contribution in [1.82, 2.24) is 29.9 Å². The molecule has 232 valence electrons. The number of H-pyrrole nitrogens is 1. The molecule has 0 radical (unpaired) electrons. The van der Waals surface area contributed by atoms with Crippen molar-refractivity contribution in [3.8, 4) is 0 Å². The van der Waals surface area contributed by atoms with Crippen molar-refractivity contribution in [2.45, 2.75) is 61.7 Å². The Balaban J connectivity index is 1.29. The monoisotopic (exact) mass is 668 g/mol. The first-order valence-corrected chi connectivity index (χ1v) is 15.9. The van der Waals surface area contributed by atoms with Crippen LogP contribution < -0.4 is 5.32 Å². The maximum atomic E-state index is 13.6. The zero-order valence-electron chi connectivity index (χ0n) is 22.9. The predicted molar refractivity (Wildman–Crippen MR) is 153 cm³/mol. The van der Waals surface area contributed by atoms with E-state index < -0.39 is 34.1 Å². The second-order valence-electron chi connectivity index (χ2n) is 10.9. The third-order valence-electron chi connectivity index (χ3n) is 8.23. The van der Waals surface area contributed by atoms with Crippen LogP contribution in [0.4, 0.5) is 13.2 Å². The molecule has 2 N–H and O–H groups in total. The average Bonchev–Trinajstić information content (AvgIpc) is 3.44. The predicted octanol–water partition coefficient (Wildman–Crippen LogP) is 4.23. The van der Waals surface area contributed by atoms with E-state index in [-0.39, 0.29) is 46.8 Å². The zero-order valence-corrected chi connectivity index (χ0v) is 25.2. The SMILES string of the molecule is O=C1NC=CN(S(=O)(=O)c2ccc(Cl)c(Cl)c2)[C@@H]1Cc1nn[nH]c1[C@@H]1CCCc2cc3c(cc21)CCN(C(=O)C(F)(F)F)C3. The summed E-state index contributed by atoms with van der Waals surface area (Å²) in [4.78, 5) is 25.6. The average molecular weight is 670 g/mol. The summed E-state index contributed by atoms with van der Waals surface area (Å²) in [6.07, 6.45) is -0.0548. The molecule has 0 bridgehead atoms. The van der Waals surface area contributed by atoms with E-state index in [1.807, 2.05) is 12.1 Å². The number of nitrogens with one attached hydrogen (secondary N) is 2. The molecule has 3 heterocycles. The van der Waals surface area contributed by atoms with Crippen molar-refractivity contribution in [3.63, 3.8) is 0 Å². The zero-order chi connectivity index (χ0) is 31.4. The number of carbonyl (C=O) groups is 2. The highest BCUT2D eigenvalue weighted by atomic mass is 35.5. The fourth-order valence-electron chi connectivity index (χ4n) is 6.09. The molecule has 2 aliphatic heterocycles. The van der Waals surface area contributed by atoms with Gasteiger partial charge in [0, 0.05) is 37.8 Å². The lowest BCUT2D eigenvalue weighted by Gasteiger charge is -2.33. The largest absolute Gasteiger partial charge is 0.471 e. The molecular formula is C28H25Cl2F3N6O4S. The molecule has 3 aliphatic rings. The fraction of sp³-hybridized carbons (Fsp3) is 0.357. The molecular weight excluding hydrogens is 644 g/mol. The van der Waals surface area contributed by atoms with Crippen molar-refractivity contribution in [2.75, 3.05) is 6.54 Å². The van der Waals surface area contributed by atoms with Crippen LogP contribution in [0.2, 0.25) is 10.0 Å². The first kappa shape index (κ1) is 30.4. The van der Waals surface area contributed by atoms with Gasteiger partial charge in [-0.05, 0) is 66.1 Å². The first-order valence-electron chi connectivity index (χ1n) is 13.7.